The minimum absolute atomic E-state index is 0.259. The van der Waals surface area contributed by atoms with E-state index in [0.717, 1.165) is 57.7 Å². The van der Waals surface area contributed by atoms with Crippen LogP contribution in [0, 0.1) is 0 Å². The Kier molecular flexibility index (Phi) is 6.85. The van der Waals surface area contributed by atoms with E-state index in [9.17, 15) is 4.79 Å². The summed E-state index contributed by atoms with van der Waals surface area (Å²) in [5.74, 6) is -0.717. The predicted molar refractivity (Wildman–Crippen MR) is 146 cm³/mol. The maximum atomic E-state index is 10.2. The number of fused-ring (bicyclic) bond motifs is 8. The molecule has 0 amide bonds. The molecule has 6 rings (SSSR count). The zero-order valence-corrected chi connectivity index (χ0v) is 19.7. The summed E-state index contributed by atoms with van der Waals surface area (Å²) in [5, 5.41) is 8.39. The Morgan fingerprint density at radius 1 is 0.639 bits per heavy atom. The molecule has 0 aliphatic carbocycles. The van der Waals surface area contributed by atoms with E-state index in [0.29, 0.717) is 0 Å². The largest absolute Gasteiger partial charge is 0.481 e. The third-order valence-corrected chi connectivity index (χ3v) is 5.74. The molecule has 3 aromatic heterocycles. The molecule has 8 bridgehead atoms. The standard InChI is InChI=1S/C20H14N4.C10H12O2/c1-2-14-10-16-5-6-18(23-16)12-20-8-7-19(24-20)11-17-4-3-15(22-17)9-13(1)21-14;11-10(12)8-4-7-9-5-2-1-3-6-9/h1-12,21-22H;1-3,5-6H,4,7-8H2,(H,11,12). The maximum Gasteiger partial charge on any atom is 0.303 e. The van der Waals surface area contributed by atoms with Crippen LogP contribution >= 0.6 is 0 Å². The number of hydrogen-bond donors (Lipinski definition) is 3. The SMILES string of the molecule is C1=Cc2cc3ccc(cc4ccc(cc5nc(cc1n2)C=C5)[nH]4)[nH]3.O=C(O)CCCc1ccccc1. The van der Waals surface area contributed by atoms with Gasteiger partial charge in [0, 0.05) is 28.5 Å². The molecule has 2 aliphatic rings. The van der Waals surface area contributed by atoms with E-state index < -0.39 is 5.97 Å². The van der Waals surface area contributed by atoms with Crippen LogP contribution in [-0.4, -0.2) is 31.0 Å². The van der Waals surface area contributed by atoms with Crippen molar-refractivity contribution in [1.82, 2.24) is 19.9 Å². The first kappa shape index (κ1) is 23.1. The summed E-state index contributed by atoms with van der Waals surface area (Å²) < 4.78 is 0. The number of aromatic nitrogens is 4. The molecule has 0 unspecified atom stereocenters. The van der Waals surface area contributed by atoms with Crippen molar-refractivity contribution in [2.24, 2.45) is 0 Å². The number of nitrogens with zero attached hydrogens (tertiary/aromatic N) is 2. The smallest absolute Gasteiger partial charge is 0.303 e. The normalized spacial score (nSPS) is 11.7. The molecular formula is C30H26N4O2. The number of hydrogen-bond acceptors (Lipinski definition) is 3. The fourth-order valence-electron chi connectivity index (χ4n) is 4.03. The fourth-order valence-corrected chi connectivity index (χ4v) is 4.03. The monoisotopic (exact) mass is 474 g/mol. The van der Waals surface area contributed by atoms with E-state index in [1.165, 1.54) is 5.56 Å². The van der Waals surface area contributed by atoms with Crippen molar-refractivity contribution in [2.75, 3.05) is 0 Å². The van der Waals surface area contributed by atoms with Crippen LogP contribution in [-0.2, 0) is 11.2 Å². The number of benzene rings is 1. The van der Waals surface area contributed by atoms with Crippen LogP contribution < -0.4 is 0 Å². The molecule has 0 radical (unpaired) electrons. The van der Waals surface area contributed by atoms with Crippen LogP contribution in [0.5, 0.6) is 0 Å². The van der Waals surface area contributed by atoms with E-state index in [1.807, 2.05) is 72.8 Å². The Labute approximate surface area is 208 Å². The van der Waals surface area contributed by atoms with Gasteiger partial charge in [-0.3, -0.25) is 4.79 Å². The molecule has 0 fully saturated rings. The second kappa shape index (κ2) is 10.7. The number of carboxylic acid groups (broad SMARTS) is 1. The van der Waals surface area contributed by atoms with E-state index >= 15 is 0 Å². The number of carboxylic acids is 1. The van der Waals surface area contributed by atoms with E-state index in [1.54, 1.807) is 0 Å². The van der Waals surface area contributed by atoms with Gasteiger partial charge >= 0.3 is 5.97 Å². The number of rotatable bonds is 4. The number of aryl methyl sites for hydroxylation is 1. The van der Waals surface area contributed by atoms with Crippen molar-refractivity contribution in [3.63, 3.8) is 0 Å². The van der Waals surface area contributed by atoms with Crippen LogP contribution in [0.4, 0.5) is 0 Å². The van der Waals surface area contributed by atoms with Gasteiger partial charge in [0.1, 0.15) is 0 Å². The van der Waals surface area contributed by atoms with Gasteiger partial charge in [-0.05, 0) is 91.2 Å². The fraction of sp³-hybridized carbons (Fsp3) is 0.100. The number of carbonyl (C=O) groups is 1. The third-order valence-electron chi connectivity index (χ3n) is 5.74. The van der Waals surface area contributed by atoms with Crippen LogP contribution in [0.1, 0.15) is 41.2 Å². The van der Waals surface area contributed by atoms with Gasteiger partial charge in [0.05, 0.1) is 22.8 Å². The van der Waals surface area contributed by atoms with E-state index in [2.05, 4.69) is 50.3 Å². The van der Waals surface area contributed by atoms with Crippen molar-refractivity contribution < 1.29 is 9.90 Å². The Morgan fingerprint density at radius 3 is 1.61 bits per heavy atom. The van der Waals surface area contributed by atoms with Gasteiger partial charge in [0.2, 0.25) is 0 Å². The van der Waals surface area contributed by atoms with Crippen LogP contribution in [0.2, 0.25) is 0 Å². The minimum atomic E-state index is -0.717. The average molecular weight is 475 g/mol. The highest BCUT2D eigenvalue weighted by molar-refractivity contribution is 5.77. The Bertz CT molecular complexity index is 1500. The lowest BCUT2D eigenvalue weighted by atomic mass is 10.1. The van der Waals surface area contributed by atoms with Crippen molar-refractivity contribution >= 4 is 52.3 Å². The zero-order valence-electron chi connectivity index (χ0n) is 19.7. The molecule has 6 nitrogen and oxygen atoms in total. The summed E-state index contributed by atoms with van der Waals surface area (Å²) in [4.78, 5) is 26.2. The van der Waals surface area contributed by atoms with Crippen molar-refractivity contribution in [2.45, 2.75) is 19.3 Å². The first-order chi connectivity index (χ1) is 17.6. The van der Waals surface area contributed by atoms with Crippen LogP contribution in [0.3, 0.4) is 0 Å². The van der Waals surface area contributed by atoms with Crippen molar-refractivity contribution in [3.05, 3.63) is 107 Å². The lowest BCUT2D eigenvalue weighted by Gasteiger charge is -1.97. The van der Waals surface area contributed by atoms with Gasteiger partial charge < -0.3 is 15.1 Å². The van der Waals surface area contributed by atoms with Gasteiger partial charge in [-0.1, -0.05) is 30.3 Å². The summed E-state index contributed by atoms with van der Waals surface area (Å²) in [5.41, 5.74) is 9.07. The molecule has 3 N–H and O–H groups in total. The Balaban J connectivity index is 0.000000189. The molecule has 0 saturated heterocycles. The molecule has 1 aromatic carbocycles. The molecule has 36 heavy (non-hydrogen) atoms. The first-order valence-electron chi connectivity index (χ1n) is 11.9. The zero-order chi connectivity index (χ0) is 24.7. The molecule has 6 heteroatoms. The molecular weight excluding hydrogens is 448 g/mol. The summed E-state index contributed by atoms with van der Waals surface area (Å²) in [7, 11) is 0. The van der Waals surface area contributed by atoms with Gasteiger partial charge in [-0.25, -0.2) is 9.97 Å². The Morgan fingerprint density at radius 2 is 1.11 bits per heavy atom. The van der Waals surface area contributed by atoms with Gasteiger partial charge in [0.25, 0.3) is 0 Å². The number of H-pyrrole nitrogens is 2. The van der Waals surface area contributed by atoms with Crippen molar-refractivity contribution in [3.8, 4) is 0 Å². The number of aliphatic carboxylic acids is 1. The van der Waals surface area contributed by atoms with E-state index in [-0.39, 0.29) is 6.42 Å². The summed E-state index contributed by atoms with van der Waals surface area (Å²) in [6.07, 6.45) is 9.88. The highest BCUT2D eigenvalue weighted by Gasteiger charge is 2.02. The predicted octanol–water partition coefficient (Wildman–Crippen LogP) is 6.75. The quantitative estimate of drug-likeness (QED) is 0.263. The summed E-state index contributed by atoms with van der Waals surface area (Å²) in [6, 6.07) is 26.3. The highest BCUT2D eigenvalue weighted by atomic mass is 16.4. The van der Waals surface area contributed by atoms with Gasteiger partial charge in [-0.2, -0.15) is 0 Å². The lowest BCUT2D eigenvalue weighted by Crippen LogP contribution is -1.95. The topological polar surface area (TPSA) is 94.7 Å². The van der Waals surface area contributed by atoms with Gasteiger partial charge in [0.15, 0.2) is 0 Å². The van der Waals surface area contributed by atoms with Crippen LogP contribution in [0.15, 0.2) is 78.9 Å². The van der Waals surface area contributed by atoms with Crippen LogP contribution in [0.25, 0.3) is 46.4 Å². The first-order valence-corrected chi connectivity index (χ1v) is 11.9. The maximum absolute atomic E-state index is 10.2. The van der Waals surface area contributed by atoms with Crippen molar-refractivity contribution in [1.29, 1.82) is 0 Å². The second-order valence-electron chi connectivity index (χ2n) is 8.64. The highest BCUT2D eigenvalue weighted by Crippen LogP contribution is 2.17. The molecule has 0 saturated carbocycles. The molecule has 0 atom stereocenters. The number of aromatic amines is 2. The average Bonchev–Trinajstić information content (AvgIpc) is 3.66. The molecule has 4 aromatic rings. The molecule has 0 spiro atoms. The second-order valence-corrected chi connectivity index (χ2v) is 8.64. The third kappa shape index (κ3) is 6.24. The minimum Gasteiger partial charge on any atom is -0.481 e. The van der Waals surface area contributed by atoms with Gasteiger partial charge in [-0.15, -0.1) is 0 Å². The molecule has 2 aliphatic heterocycles. The molecule has 178 valence electrons. The summed E-state index contributed by atoms with van der Waals surface area (Å²) >= 11 is 0. The molecule has 5 heterocycles. The lowest BCUT2D eigenvalue weighted by molar-refractivity contribution is -0.137. The number of nitrogens with one attached hydrogen (secondary N) is 2. The summed E-state index contributed by atoms with van der Waals surface area (Å²) in [6.45, 7) is 0. The van der Waals surface area contributed by atoms with E-state index in [4.69, 9.17) is 5.11 Å². The Hall–Kier alpha value is -4.71.